The molecule has 0 unspecified atom stereocenters. The highest BCUT2D eigenvalue weighted by molar-refractivity contribution is 7.92. The fraction of sp³-hybridized carbons (Fsp3) is 0.273. The van der Waals surface area contributed by atoms with Crippen LogP contribution in [-0.4, -0.2) is 36.5 Å². The maximum Gasteiger partial charge on any atom is 0.420 e. The van der Waals surface area contributed by atoms with Gasteiger partial charge in [0.2, 0.25) is 0 Å². The zero-order chi connectivity index (χ0) is 23.3. The van der Waals surface area contributed by atoms with Gasteiger partial charge in [-0.15, -0.1) is 11.3 Å². The van der Waals surface area contributed by atoms with Crippen molar-refractivity contribution in [2.24, 2.45) is 0 Å². The minimum atomic E-state index is -4.26. The summed E-state index contributed by atoms with van der Waals surface area (Å²) in [5.41, 5.74) is 4.58. The standard InChI is InChI=1S/C22H21FN4O4S2/c1-13(15-5-3-4-14-8-9-26(2)10-16(14)15)27-17-6-7-18(20(23)21(17)31-22(27)28)33(29,30)25-19-11-32-12-24-19/h3-7,11-13,25H,8-10H2,1-2H3/t13-/m1/s1. The largest absolute Gasteiger partial charge is 0.420 e. The molecule has 0 fully saturated rings. The van der Waals surface area contributed by atoms with Crippen LogP contribution in [0.5, 0.6) is 0 Å². The average molecular weight is 489 g/mol. The SMILES string of the molecule is C[C@H](c1cccc2c1CN(C)CC2)n1c(=O)oc2c(F)c(S(=O)(=O)Nc3cscn3)ccc21. The van der Waals surface area contributed by atoms with E-state index < -0.39 is 38.1 Å². The first-order chi connectivity index (χ1) is 15.8. The van der Waals surface area contributed by atoms with Crippen LogP contribution in [0, 0.1) is 5.82 Å². The van der Waals surface area contributed by atoms with Crippen molar-refractivity contribution in [3.8, 4) is 0 Å². The van der Waals surface area contributed by atoms with Crippen LogP contribution in [0.3, 0.4) is 0 Å². The number of oxazole rings is 1. The number of hydrogen-bond donors (Lipinski definition) is 1. The topological polar surface area (TPSA) is 97.4 Å². The number of sulfonamides is 1. The summed E-state index contributed by atoms with van der Waals surface area (Å²) in [5, 5.41) is 1.49. The molecule has 0 aliphatic carbocycles. The predicted molar refractivity (Wildman–Crippen MR) is 124 cm³/mol. The van der Waals surface area contributed by atoms with Crippen molar-refractivity contribution in [3.05, 3.63) is 74.3 Å². The average Bonchev–Trinajstić information content (AvgIpc) is 3.39. The van der Waals surface area contributed by atoms with Crippen molar-refractivity contribution in [3.63, 3.8) is 0 Å². The zero-order valence-corrected chi connectivity index (χ0v) is 19.5. The lowest BCUT2D eigenvalue weighted by Gasteiger charge is -2.29. The summed E-state index contributed by atoms with van der Waals surface area (Å²) in [4.78, 5) is 18.3. The smallest absolute Gasteiger partial charge is 0.404 e. The van der Waals surface area contributed by atoms with E-state index in [1.54, 1.807) is 0 Å². The van der Waals surface area contributed by atoms with Gasteiger partial charge in [0.1, 0.15) is 4.90 Å². The van der Waals surface area contributed by atoms with Crippen LogP contribution in [0.15, 0.2) is 55.3 Å². The van der Waals surface area contributed by atoms with Gasteiger partial charge in [-0.1, -0.05) is 18.2 Å². The van der Waals surface area contributed by atoms with Gasteiger partial charge in [-0.25, -0.2) is 22.6 Å². The van der Waals surface area contributed by atoms with Gasteiger partial charge in [0, 0.05) is 18.5 Å². The molecule has 0 saturated heterocycles. The van der Waals surface area contributed by atoms with E-state index in [9.17, 15) is 13.2 Å². The Bertz CT molecular complexity index is 1510. The van der Waals surface area contributed by atoms with Crippen molar-refractivity contribution in [1.29, 1.82) is 0 Å². The molecule has 1 atom stereocenters. The molecule has 4 aromatic rings. The van der Waals surface area contributed by atoms with E-state index in [0.717, 1.165) is 36.7 Å². The highest BCUT2D eigenvalue weighted by Gasteiger charge is 2.28. The molecule has 2 aromatic carbocycles. The number of thiazole rings is 1. The third-order valence-electron chi connectivity index (χ3n) is 5.98. The van der Waals surface area contributed by atoms with Crippen molar-refractivity contribution < 1.29 is 17.2 Å². The molecule has 0 saturated carbocycles. The monoisotopic (exact) mass is 488 g/mol. The van der Waals surface area contributed by atoms with Gasteiger partial charge in [0.05, 0.1) is 17.1 Å². The van der Waals surface area contributed by atoms with E-state index in [-0.39, 0.29) is 11.3 Å². The summed E-state index contributed by atoms with van der Waals surface area (Å²) < 4.78 is 49.5. The second-order valence-electron chi connectivity index (χ2n) is 8.09. The Kier molecular flexibility index (Phi) is 5.34. The van der Waals surface area contributed by atoms with E-state index in [1.807, 2.05) is 26.1 Å². The van der Waals surface area contributed by atoms with E-state index in [0.29, 0.717) is 0 Å². The lowest BCUT2D eigenvalue weighted by molar-refractivity contribution is 0.310. The van der Waals surface area contributed by atoms with Crippen LogP contribution in [0.2, 0.25) is 0 Å². The van der Waals surface area contributed by atoms with Crippen molar-refractivity contribution >= 4 is 38.3 Å². The maximum absolute atomic E-state index is 15.3. The Morgan fingerprint density at radius 3 is 2.85 bits per heavy atom. The number of nitrogens with one attached hydrogen (secondary N) is 1. The number of likely N-dealkylation sites (N-methyl/N-ethyl adjacent to an activating group) is 1. The number of halogens is 1. The highest BCUT2D eigenvalue weighted by atomic mass is 32.2. The minimum Gasteiger partial charge on any atom is -0.404 e. The molecule has 1 aliphatic heterocycles. The van der Waals surface area contributed by atoms with Gasteiger partial charge >= 0.3 is 5.76 Å². The Balaban J connectivity index is 1.60. The van der Waals surface area contributed by atoms with Gasteiger partial charge in [-0.3, -0.25) is 9.29 Å². The molecule has 172 valence electrons. The van der Waals surface area contributed by atoms with Gasteiger partial charge in [0.25, 0.3) is 10.0 Å². The number of aromatic nitrogens is 2. The van der Waals surface area contributed by atoms with Crippen molar-refractivity contribution in [2.45, 2.75) is 30.8 Å². The fourth-order valence-corrected chi connectivity index (χ4v) is 5.98. The lowest BCUT2D eigenvalue weighted by Crippen LogP contribution is -2.29. The number of nitrogens with zero attached hydrogens (tertiary/aromatic N) is 3. The van der Waals surface area contributed by atoms with Crippen LogP contribution in [0.4, 0.5) is 10.2 Å². The first-order valence-electron chi connectivity index (χ1n) is 10.3. The Labute approximate surface area is 193 Å². The minimum absolute atomic E-state index is 0.0889. The van der Waals surface area contributed by atoms with E-state index >= 15 is 4.39 Å². The molecule has 0 radical (unpaired) electrons. The molecule has 2 aromatic heterocycles. The molecule has 0 bridgehead atoms. The number of benzene rings is 2. The summed E-state index contributed by atoms with van der Waals surface area (Å²) in [6.07, 6.45) is 0.912. The molecule has 0 amide bonds. The van der Waals surface area contributed by atoms with Gasteiger partial charge < -0.3 is 9.32 Å². The highest BCUT2D eigenvalue weighted by Crippen LogP contribution is 2.32. The van der Waals surface area contributed by atoms with E-state index in [4.69, 9.17) is 4.42 Å². The van der Waals surface area contributed by atoms with Crippen LogP contribution < -0.4 is 10.5 Å². The molecule has 8 nitrogen and oxygen atoms in total. The Hall–Kier alpha value is -3.02. The first-order valence-corrected chi connectivity index (χ1v) is 12.7. The maximum atomic E-state index is 15.3. The molecule has 3 heterocycles. The molecule has 33 heavy (non-hydrogen) atoms. The molecule has 5 rings (SSSR count). The van der Waals surface area contributed by atoms with Crippen LogP contribution in [0.1, 0.15) is 29.7 Å². The van der Waals surface area contributed by atoms with Crippen molar-refractivity contribution in [1.82, 2.24) is 14.5 Å². The molecule has 1 N–H and O–H groups in total. The number of rotatable bonds is 5. The number of anilines is 1. The third kappa shape index (κ3) is 3.75. The molecule has 1 aliphatic rings. The Morgan fingerprint density at radius 2 is 2.09 bits per heavy atom. The zero-order valence-electron chi connectivity index (χ0n) is 17.9. The van der Waals surface area contributed by atoms with Crippen LogP contribution in [-0.2, 0) is 23.0 Å². The van der Waals surface area contributed by atoms with Crippen LogP contribution in [0.25, 0.3) is 11.1 Å². The number of fused-ring (bicyclic) bond motifs is 2. The normalized spacial score (nSPS) is 15.5. The summed E-state index contributed by atoms with van der Waals surface area (Å²) in [5.74, 6) is -1.78. The first kappa shape index (κ1) is 21.8. The summed E-state index contributed by atoms with van der Waals surface area (Å²) in [7, 11) is -2.21. The van der Waals surface area contributed by atoms with Gasteiger partial charge in [-0.05, 0) is 49.2 Å². The van der Waals surface area contributed by atoms with Gasteiger partial charge in [0.15, 0.2) is 17.2 Å². The third-order valence-corrected chi connectivity index (χ3v) is 7.94. The van der Waals surface area contributed by atoms with Gasteiger partial charge in [-0.2, -0.15) is 0 Å². The molecular formula is C22H21FN4O4S2. The predicted octanol–water partition coefficient (Wildman–Crippen LogP) is 3.59. The summed E-state index contributed by atoms with van der Waals surface area (Å²) in [6, 6.07) is 8.10. The molecular weight excluding hydrogens is 467 g/mol. The molecule has 11 heteroatoms. The van der Waals surface area contributed by atoms with E-state index in [2.05, 4.69) is 20.7 Å². The Morgan fingerprint density at radius 1 is 1.27 bits per heavy atom. The quantitative estimate of drug-likeness (QED) is 0.461. The van der Waals surface area contributed by atoms with Crippen molar-refractivity contribution in [2.75, 3.05) is 18.3 Å². The second-order valence-corrected chi connectivity index (χ2v) is 10.5. The number of hydrogen-bond acceptors (Lipinski definition) is 7. The summed E-state index contributed by atoms with van der Waals surface area (Å²) in [6.45, 7) is 3.56. The second kappa shape index (κ2) is 8.08. The lowest BCUT2D eigenvalue weighted by atomic mass is 9.92. The summed E-state index contributed by atoms with van der Waals surface area (Å²) >= 11 is 1.20. The van der Waals surface area contributed by atoms with E-state index in [1.165, 1.54) is 38.4 Å². The van der Waals surface area contributed by atoms with Crippen LogP contribution >= 0.6 is 11.3 Å². The fourth-order valence-electron chi connectivity index (χ4n) is 4.35. The molecule has 0 spiro atoms.